The summed E-state index contributed by atoms with van der Waals surface area (Å²) in [5.41, 5.74) is 2.45. The van der Waals surface area contributed by atoms with E-state index in [1.165, 1.54) is 28.4 Å². The second kappa shape index (κ2) is 22.3. The van der Waals surface area contributed by atoms with Crippen LogP contribution in [0.5, 0.6) is 5.75 Å². The van der Waals surface area contributed by atoms with Crippen LogP contribution < -0.4 is 29.8 Å². The number of para-hydroxylation sites is 2. The van der Waals surface area contributed by atoms with Gasteiger partial charge in [-0.1, -0.05) is 30.7 Å². The maximum atomic E-state index is 14.4. The fourth-order valence-electron chi connectivity index (χ4n) is 8.63. The highest BCUT2D eigenvalue weighted by Gasteiger charge is 2.39. The van der Waals surface area contributed by atoms with E-state index in [1.807, 2.05) is 22.8 Å². The Balaban J connectivity index is 0.767. The third kappa shape index (κ3) is 12.1. The number of hydrogen-bond acceptors (Lipinski definition) is 15. The summed E-state index contributed by atoms with van der Waals surface area (Å²) in [6.45, 7) is 6.28. The van der Waals surface area contributed by atoms with Gasteiger partial charge in [-0.15, -0.1) is 0 Å². The number of carbonyl (C=O) groups excluding carboxylic acids is 2. The Kier molecular flexibility index (Phi) is 15.9. The molecule has 2 amide bonds. The number of fused-ring (bicyclic) bond motifs is 2. The number of imidazole rings is 1. The van der Waals surface area contributed by atoms with Crippen LogP contribution in [0.4, 0.5) is 35.5 Å². The van der Waals surface area contributed by atoms with Crippen LogP contribution in [0.3, 0.4) is 0 Å². The van der Waals surface area contributed by atoms with E-state index in [0.717, 1.165) is 23.0 Å². The van der Waals surface area contributed by atoms with Crippen molar-refractivity contribution in [2.75, 3.05) is 107 Å². The zero-order chi connectivity index (χ0) is 51.2. The molecule has 19 nitrogen and oxygen atoms in total. The van der Waals surface area contributed by atoms with Crippen molar-refractivity contribution in [3.8, 4) is 11.7 Å². The van der Waals surface area contributed by atoms with E-state index in [9.17, 15) is 36.0 Å². The summed E-state index contributed by atoms with van der Waals surface area (Å²) in [5.74, 6) is -0.693. The first-order valence-electron chi connectivity index (χ1n) is 23.8. The molecule has 0 radical (unpaired) electrons. The van der Waals surface area contributed by atoms with Crippen LogP contribution >= 0.6 is 0 Å². The Hall–Kier alpha value is -6.85. The van der Waals surface area contributed by atoms with Crippen LogP contribution in [0, 0.1) is 6.92 Å². The highest BCUT2D eigenvalue weighted by Crippen LogP contribution is 2.34. The number of anilines is 3. The van der Waals surface area contributed by atoms with E-state index in [2.05, 4.69) is 20.3 Å². The Bertz CT molecular complexity index is 3080. The predicted octanol–water partition coefficient (Wildman–Crippen LogP) is 5.79. The van der Waals surface area contributed by atoms with E-state index < -0.39 is 33.7 Å². The van der Waals surface area contributed by atoms with Crippen LogP contribution in [0.1, 0.15) is 54.6 Å². The lowest BCUT2D eigenvalue weighted by atomic mass is 9.99. The number of alkyl halides is 3. The Morgan fingerprint density at radius 1 is 0.806 bits per heavy atom. The van der Waals surface area contributed by atoms with Crippen molar-refractivity contribution in [2.24, 2.45) is 0 Å². The smallest absolute Gasteiger partial charge is 0.422 e. The zero-order valence-electron chi connectivity index (χ0n) is 40.7. The summed E-state index contributed by atoms with van der Waals surface area (Å²) in [7, 11) is 0.968. The molecule has 0 spiro atoms. The number of carbonyl (C=O) groups is 2. The van der Waals surface area contributed by atoms with Gasteiger partial charge in [-0.25, -0.2) is 23.0 Å². The summed E-state index contributed by atoms with van der Waals surface area (Å²) in [5, 5.41) is 3.99. The molecule has 0 aliphatic carbocycles. The lowest BCUT2D eigenvalue weighted by Gasteiger charge is -2.35. The van der Waals surface area contributed by atoms with Crippen LogP contribution in [0.25, 0.3) is 28.0 Å². The number of piperazine rings is 1. The summed E-state index contributed by atoms with van der Waals surface area (Å²) in [6, 6.07) is 18.2. The molecule has 2 fully saturated rings. The molecule has 6 aromatic rings. The highest BCUT2D eigenvalue weighted by atomic mass is 32.2. The van der Waals surface area contributed by atoms with Crippen molar-refractivity contribution < 1.29 is 45.1 Å². The largest absolute Gasteiger partial charge is 0.450 e. The van der Waals surface area contributed by atoms with Crippen LogP contribution in [-0.4, -0.2) is 147 Å². The van der Waals surface area contributed by atoms with Gasteiger partial charge in [0.1, 0.15) is 11.3 Å². The van der Waals surface area contributed by atoms with Gasteiger partial charge in [0, 0.05) is 90.3 Å². The van der Waals surface area contributed by atoms with E-state index in [0.29, 0.717) is 107 Å². The molecule has 0 atom stereocenters. The minimum Gasteiger partial charge on any atom is -0.422 e. The van der Waals surface area contributed by atoms with E-state index in [4.69, 9.17) is 18.9 Å². The topological polar surface area (TPSA) is 202 Å². The number of halogens is 3. The van der Waals surface area contributed by atoms with Gasteiger partial charge in [-0.2, -0.15) is 28.1 Å². The first-order valence-corrected chi connectivity index (χ1v) is 25.5. The Morgan fingerprint density at radius 2 is 1.50 bits per heavy atom. The number of aryl methyl sites for hydroxylation is 1. The second-order valence-corrected chi connectivity index (χ2v) is 20.0. The number of ether oxygens (including phenoxy) is 2. The van der Waals surface area contributed by atoms with Crippen LogP contribution in [0.2, 0.25) is 0 Å². The number of nitrogens with zero attached hydrogens (tertiary/aromatic N) is 10. The fraction of sp³-hybridized carbons (Fsp3) is 0.449. The molecular formula is C49H58F3N11O8S. The second-order valence-electron chi connectivity index (χ2n) is 17.9. The normalized spacial score (nSPS) is 14.6. The van der Waals surface area contributed by atoms with Gasteiger partial charge in [-0.05, 0) is 86.8 Å². The summed E-state index contributed by atoms with van der Waals surface area (Å²) in [4.78, 5) is 62.8. The molecule has 384 valence electrons. The number of hydrogen-bond donors (Lipinski definition) is 1. The van der Waals surface area contributed by atoms with E-state index >= 15 is 0 Å². The van der Waals surface area contributed by atoms with Crippen molar-refractivity contribution in [1.29, 1.82) is 0 Å². The molecule has 3 aromatic carbocycles. The monoisotopic (exact) mass is 1020 g/mol. The first-order chi connectivity index (χ1) is 34.5. The molecule has 0 unspecified atom stereocenters. The van der Waals surface area contributed by atoms with Gasteiger partial charge in [-0.3, -0.25) is 13.7 Å². The van der Waals surface area contributed by atoms with Crippen LogP contribution in [0.15, 0.2) is 75.9 Å². The molecule has 1 N–H and O–H groups in total. The van der Waals surface area contributed by atoms with Gasteiger partial charge in [0.25, 0.3) is 0 Å². The minimum atomic E-state index is -4.78. The molecule has 8 rings (SSSR count). The average molecular weight is 1020 g/mol. The van der Waals surface area contributed by atoms with Crippen molar-refractivity contribution in [3.05, 3.63) is 99.7 Å². The minimum absolute atomic E-state index is 0.0168. The standard InChI is InChI=1S/C49H58F3N11O8S/c1-33-37-18-17-36(70-48(66)58(2)3)32-41(37)71-43(65)38(33)31-34-12-10-13-35(30-34)59(4)72(67,68)29-11-20-53-19-9-5-6-16-42(64)60-21-23-61(24-22-60)45-55-46(62-25-27-69-28-26-62)57-47(56-45)63-40-15-8-7-14-39(40)54-44(63)49(50,51)52/h7-8,10,12-15,17-18,30,32,53H,5-6,9,11,16,19-29,31H2,1-4H3. The quantitative estimate of drug-likeness (QED) is 0.0801. The lowest BCUT2D eigenvalue weighted by Crippen LogP contribution is -2.49. The predicted molar refractivity (Wildman–Crippen MR) is 266 cm³/mol. The summed E-state index contributed by atoms with van der Waals surface area (Å²) in [6.07, 6.45) is -2.08. The summed E-state index contributed by atoms with van der Waals surface area (Å²) < 4.78 is 88.4. The number of morpholine rings is 1. The molecule has 2 saturated heterocycles. The van der Waals surface area contributed by atoms with Crippen molar-refractivity contribution in [3.63, 3.8) is 0 Å². The number of benzene rings is 3. The molecule has 23 heteroatoms. The molecule has 5 heterocycles. The third-order valence-corrected chi connectivity index (χ3v) is 14.6. The fourth-order valence-corrected chi connectivity index (χ4v) is 9.85. The molecular weight excluding hydrogens is 960 g/mol. The SMILES string of the molecule is Cc1c(Cc2cccc(N(C)S(=O)(=O)CCCNCCCCCC(=O)N3CCN(c4nc(N5CCOCC5)nc(-n5c(C(F)(F)F)nc6ccccc65)n4)CC3)c2)c(=O)oc2cc(OC(=O)N(C)C)ccc12. The molecule has 2 aliphatic rings. The maximum absolute atomic E-state index is 14.4. The van der Waals surface area contributed by atoms with Crippen molar-refractivity contribution >= 4 is 61.6 Å². The first kappa shape index (κ1) is 51.5. The maximum Gasteiger partial charge on any atom is 0.450 e. The van der Waals surface area contributed by atoms with Crippen molar-refractivity contribution in [2.45, 2.75) is 51.6 Å². The number of amides is 2. The number of sulfonamides is 1. The van der Waals surface area contributed by atoms with Gasteiger partial charge in [0.2, 0.25) is 39.6 Å². The van der Waals surface area contributed by atoms with E-state index in [-0.39, 0.29) is 58.3 Å². The number of nitrogens with one attached hydrogen (secondary N) is 1. The number of unbranched alkanes of at least 4 members (excludes halogenated alkanes) is 2. The van der Waals surface area contributed by atoms with Crippen molar-refractivity contribution in [1.82, 2.24) is 39.6 Å². The lowest BCUT2D eigenvalue weighted by molar-refractivity contribution is -0.145. The highest BCUT2D eigenvalue weighted by molar-refractivity contribution is 7.92. The molecule has 3 aromatic heterocycles. The number of rotatable bonds is 18. The number of aromatic nitrogens is 5. The zero-order valence-corrected chi connectivity index (χ0v) is 41.5. The van der Waals surface area contributed by atoms with Gasteiger partial charge in [0.05, 0.1) is 35.7 Å². The summed E-state index contributed by atoms with van der Waals surface area (Å²) >= 11 is 0. The average Bonchev–Trinajstić information content (AvgIpc) is 3.78. The Morgan fingerprint density at radius 3 is 2.22 bits per heavy atom. The molecule has 2 aliphatic heterocycles. The van der Waals surface area contributed by atoms with Gasteiger partial charge >= 0.3 is 17.9 Å². The molecule has 72 heavy (non-hydrogen) atoms. The van der Waals surface area contributed by atoms with E-state index in [1.54, 1.807) is 67.5 Å². The van der Waals surface area contributed by atoms with Gasteiger partial charge in [0.15, 0.2) is 0 Å². The molecule has 0 bridgehead atoms. The third-order valence-electron chi connectivity index (χ3n) is 12.7. The van der Waals surface area contributed by atoms with Gasteiger partial charge < -0.3 is 38.8 Å². The Labute approximate surface area is 414 Å². The molecule has 0 saturated carbocycles. The van der Waals surface area contributed by atoms with Crippen LogP contribution in [-0.2, 0) is 32.2 Å².